The lowest BCUT2D eigenvalue weighted by Crippen LogP contribution is -2.36. The zero-order valence-corrected chi connectivity index (χ0v) is 13.7. The van der Waals surface area contributed by atoms with E-state index in [-0.39, 0.29) is 5.82 Å². The summed E-state index contributed by atoms with van der Waals surface area (Å²) in [4.78, 5) is 4.19. The van der Waals surface area contributed by atoms with E-state index in [2.05, 4.69) is 21.7 Å². The van der Waals surface area contributed by atoms with Gasteiger partial charge in [0, 0.05) is 20.1 Å². The van der Waals surface area contributed by atoms with Crippen molar-refractivity contribution in [1.82, 2.24) is 10.6 Å². The van der Waals surface area contributed by atoms with Gasteiger partial charge in [0.2, 0.25) is 0 Å². The molecular formula is C18H22FN3O. The Balaban J connectivity index is 1.87. The van der Waals surface area contributed by atoms with Gasteiger partial charge in [-0.2, -0.15) is 0 Å². The minimum atomic E-state index is -0.230. The average molecular weight is 315 g/mol. The van der Waals surface area contributed by atoms with Gasteiger partial charge >= 0.3 is 0 Å². The van der Waals surface area contributed by atoms with Gasteiger partial charge in [0.05, 0.1) is 7.11 Å². The van der Waals surface area contributed by atoms with Gasteiger partial charge < -0.3 is 15.4 Å². The number of guanidine groups is 1. The Morgan fingerprint density at radius 2 is 1.65 bits per heavy atom. The highest BCUT2D eigenvalue weighted by Crippen LogP contribution is 2.18. The Bertz CT molecular complexity index is 668. The van der Waals surface area contributed by atoms with Crippen molar-refractivity contribution < 1.29 is 9.13 Å². The topological polar surface area (TPSA) is 45.7 Å². The molecule has 0 bridgehead atoms. The molecule has 0 amide bonds. The van der Waals surface area contributed by atoms with E-state index in [1.165, 1.54) is 12.1 Å². The molecule has 2 aromatic carbocycles. The molecule has 2 N–H and O–H groups in total. The lowest BCUT2D eigenvalue weighted by Gasteiger charge is -2.13. The fourth-order valence-electron chi connectivity index (χ4n) is 2.24. The molecule has 0 saturated carbocycles. The van der Waals surface area contributed by atoms with Crippen LogP contribution in [0.3, 0.4) is 0 Å². The van der Waals surface area contributed by atoms with Crippen LogP contribution in [-0.4, -0.2) is 20.1 Å². The molecule has 0 aliphatic heterocycles. The zero-order chi connectivity index (χ0) is 16.7. The SMILES string of the molecule is CN=C(NCc1ccc(F)cc1)NCc1ccc(OC)c(C)c1. The standard InChI is InChI=1S/C18H22FN3O/c1-13-10-15(6-9-17(13)23-3)12-22-18(20-2)21-11-14-4-7-16(19)8-5-14/h4-10H,11-12H2,1-3H3,(H2,20,21,22). The summed E-state index contributed by atoms with van der Waals surface area (Å²) in [5.41, 5.74) is 3.24. The van der Waals surface area contributed by atoms with Crippen molar-refractivity contribution in [3.8, 4) is 5.75 Å². The number of nitrogens with zero attached hydrogens (tertiary/aromatic N) is 1. The second-order valence-corrected chi connectivity index (χ2v) is 5.21. The number of ether oxygens (including phenoxy) is 1. The number of nitrogens with one attached hydrogen (secondary N) is 2. The first-order valence-corrected chi connectivity index (χ1v) is 7.45. The van der Waals surface area contributed by atoms with Crippen molar-refractivity contribution in [2.24, 2.45) is 4.99 Å². The Hall–Kier alpha value is -2.56. The van der Waals surface area contributed by atoms with Crippen LogP contribution in [0, 0.1) is 12.7 Å². The quantitative estimate of drug-likeness (QED) is 0.658. The smallest absolute Gasteiger partial charge is 0.191 e. The predicted octanol–water partition coefficient (Wildman–Crippen LogP) is 3.01. The molecule has 0 spiro atoms. The van der Waals surface area contributed by atoms with Crippen LogP contribution < -0.4 is 15.4 Å². The molecule has 0 atom stereocenters. The lowest BCUT2D eigenvalue weighted by atomic mass is 10.1. The minimum Gasteiger partial charge on any atom is -0.496 e. The molecule has 0 heterocycles. The number of benzene rings is 2. The van der Waals surface area contributed by atoms with Crippen LogP contribution >= 0.6 is 0 Å². The zero-order valence-electron chi connectivity index (χ0n) is 13.7. The van der Waals surface area contributed by atoms with Gasteiger partial charge in [0.25, 0.3) is 0 Å². The van der Waals surface area contributed by atoms with Gasteiger partial charge in [-0.25, -0.2) is 4.39 Å². The molecule has 0 radical (unpaired) electrons. The lowest BCUT2D eigenvalue weighted by molar-refractivity contribution is 0.411. The number of hydrogen-bond donors (Lipinski definition) is 2. The molecule has 4 nitrogen and oxygen atoms in total. The molecule has 0 fully saturated rings. The Morgan fingerprint density at radius 1 is 1.04 bits per heavy atom. The van der Waals surface area contributed by atoms with E-state index in [0.29, 0.717) is 19.0 Å². The molecule has 0 saturated heterocycles. The van der Waals surface area contributed by atoms with E-state index in [9.17, 15) is 4.39 Å². The third kappa shape index (κ3) is 4.98. The van der Waals surface area contributed by atoms with Crippen LogP contribution in [0.15, 0.2) is 47.5 Å². The van der Waals surface area contributed by atoms with Crippen molar-refractivity contribution >= 4 is 5.96 Å². The third-order valence-corrected chi connectivity index (χ3v) is 3.52. The van der Waals surface area contributed by atoms with E-state index < -0.39 is 0 Å². The number of hydrogen-bond acceptors (Lipinski definition) is 2. The fraction of sp³-hybridized carbons (Fsp3) is 0.278. The number of methoxy groups -OCH3 is 1. The van der Waals surface area contributed by atoms with Crippen LogP contribution in [0.4, 0.5) is 4.39 Å². The Morgan fingerprint density at radius 3 is 2.22 bits per heavy atom. The van der Waals surface area contributed by atoms with Crippen LogP contribution in [0.1, 0.15) is 16.7 Å². The molecule has 5 heteroatoms. The number of halogens is 1. The third-order valence-electron chi connectivity index (χ3n) is 3.52. The second kappa shape index (κ2) is 8.17. The summed E-state index contributed by atoms with van der Waals surface area (Å²) >= 11 is 0. The summed E-state index contributed by atoms with van der Waals surface area (Å²) in [6.07, 6.45) is 0. The summed E-state index contributed by atoms with van der Waals surface area (Å²) in [5.74, 6) is 1.35. The van der Waals surface area contributed by atoms with Crippen molar-refractivity contribution in [3.63, 3.8) is 0 Å². The highest BCUT2D eigenvalue weighted by atomic mass is 19.1. The molecular weight excluding hydrogens is 293 g/mol. The van der Waals surface area contributed by atoms with E-state index in [0.717, 1.165) is 22.4 Å². The van der Waals surface area contributed by atoms with Gasteiger partial charge in [-0.05, 0) is 41.8 Å². The first-order chi connectivity index (χ1) is 11.1. The minimum absolute atomic E-state index is 0.230. The Labute approximate surface area is 136 Å². The van der Waals surface area contributed by atoms with Crippen LogP contribution in [0.5, 0.6) is 5.75 Å². The van der Waals surface area contributed by atoms with Crippen LogP contribution in [0.2, 0.25) is 0 Å². The molecule has 23 heavy (non-hydrogen) atoms. The van der Waals surface area contributed by atoms with Crippen molar-refractivity contribution in [3.05, 3.63) is 65.0 Å². The van der Waals surface area contributed by atoms with Gasteiger partial charge in [-0.1, -0.05) is 24.3 Å². The van der Waals surface area contributed by atoms with Crippen molar-refractivity contribution in [1.29, 1.82) is 0 Å². The van der Waals surface area contributed by atoms with Gasteiger partial charge in [0.1, 0.15) is 11.6 Å². The fourth-order valence-corrected chi connectivity index (χ4v) is 2.24. The van der Waals surface area contributed by atoms with E-state index in [1.807, 2.05) is 19.1 Å². The molecule has 122 valence electrons. The largest absolute Gasteiger partial charge is 0.496 e. The molecule has 0 aliphatic carbocycles. The highest BCUT2D eigenvalue weighted by molar-refractivity contribution is 5.79. The summed E-state index contributed by atoms with van der Waals surface area (Å²) < 4.78 is 18.1. The Kier molecular flexibility index (Phi) is 5.97. The number of aryl methyl sites for hydroxylation is 1. The van der Waals surface area contributed by atoms with Gasteiger partial charge in [0.15, 0.2) is 5.96 Å². The maximum atomic E-state index is 12.9. The van der Waals surface area contributed by atoms with Gasteiger partial charge in [-0.3, -0.25) is 4.99 Å². The summed E-state index contributed by atoms with van der Waals surface area (Å²) in [5, 5.41) is 6.46. The van der Waals surface area contributed by atoms with Crippen LogP contribution in [-0.2, 0) is 13.1 Å². The normalized spacial score (nSPS) is 11.2. The molecule has 0 unspecified atom stereocenters. The maximum absolute atomic E-state index is 12.9. The number of aliphatic imine (C=N–C) groups is 1. The van der Waals surface area contributed by atoms with Crippen LogP contribution in [0.25, 0.3) is 0 Å². The molecule has 2 rings (SSSR count). The molecule has 0 aliphatic rings. The summed E-state index contributed by atoms with van der Waals surface area (Å²) in [6, 6.07) is 12.5. The number of rotatable bonds is 5. The second-order valence-electron chi connectivity index (χ2n) is 5.21. The van der Waals surface area contributed by atoms with E-state index >= 15 is 0 Å². The van der Waals surface area contributed by atoms with E-state index in [4.69, 9.17) is 4.74 Å². The predicted molar refractivity (Wildman–Crippen MR) is 91.2 cm³/mol. The first kappa shape index (κ1) is 16.8. The maximum Gasteiger partial charge on any atom is 0.191 e. The average Bonchev–Trinajstić information content (AvgIpc) is 2.56. The monoisotopic (exact) mass is 315 g/mol. The van der Waals surface area contributed by atoms with Crippen molar-refractivity contribution in [2.45, 2.75) is 20.0 Å². The molecule has 0 aromatic heterocycles. The molecule has 2 aromatic rings. The van der Waals surface area contributed by atoms with E-state index in [1.54, 1.807) is 26.3 Å². The summed E-state index contributed by atoms with van der Waals surface area (Å²) in [6.45, 7) is 3.26. The highest BCUT2D eigenvalue weighted by Gasteiger charge is 2.02. The van der Waals surface area contributed by atoms with Gasteiger partial charge in [-0.15, -0.1) is 0 Å². The first-order valence-electron chi connectivity index (χ1n) is 7.45. The summed E-state index contributed by atoms with van der Waals surface area (Å²) in [7, 11) is 3.39. The van der Waals surface area contributed by atoms with Crippen molar-refractivity contribution in [2.75, 3.05) is 14.2 Å².